The van der Waals surface area contributed by atoms with Crippen LogP contribution in [0, 0.1) is 11.3 Å². The van der Waals surface area contributed by atoms with Crippen LogP contribution in [0.1, 0.15) is 27.2 Å². The molecule has 0 saturated heterocycles. The fourth-order valence-corrected chi connectivity index (χ4v) is 1.78. The van der Waals surface area contributed by atoms with E-state index in [1.165, 1.54) is 11.8 Å². The number of nitriles is 1. The van der Waals surface area contributed by atoms with Crippen LogP contribution in [0.5, 0.6) is 0 Å². The van der Waals surface area contributed by atoms with E-state index >= 15 is 0 Å². The molecule has 0 aromatic heterocycles. The highest BCUT2D eigenvalue weighted by Crippen LogP contribution is 2.23. The third-order valence-corrected chi connectivity index (χ3v) is 2.64. The Morgan fingerprint density at radius 3 is 2.43 bits per heavy atom. The maximum atomic E-state index is 11.3. The molecule has 3 nitrogen and oxygen atoms in total. The summed E-state index contributed by atoms with van der Waals surface area (Å²) in [6, 6.07) is 1.91. The molecule has 4 heteroatoms. The van der Waals surface area contributed by atoms with Gasteiger partial charge in [0, 0.05) is 4.91 Å². The molecule has 78 valence electrons. The van der Waals surface area contributed by atoms with Gasteiger partial charge in [-0.2, -0.15) is 5.26 Å². The highest BCUT2D eigenvalue weighted by molar-refractivity contribution is 8.03. The lowest BCUT2D eigenvalue weighted by Gasteiger charge is -2.05. The first-order valence-electron chi connectivity index (χ1n) is 4.64. The van der Waals surface area contributed by atoms with Crippen molar-refractivity contribution >= 4 is 17.7 Å². The Bertz CT molecular complexity index is 266. The molecular formula is C10H15NO2S. The standard InChI is InChI=1S/C10H15NO2S/c1-4-9(14-6-3)8(7-11)10(12)13-5-2/h4-6H2,1-3H3. The zero-order valence-electron chi connectivity index (χ0n) is 8.79. The Kier molecular flexibility index (Phi) is 6.95. The van der Waals surface area contributed by atoms with Crippen molar-refractivity contribution in [1.29, 1.82) is 5.26 Å². The van der Waals surface area contributed by atoms with Crippen LogP contribution in [0.15, 0.2) is 10.5 Å². The molecule has 14 heavy (non-hydrogen) atoms. The number of carbonyl (C=O) groups is 1. The van der Waals surface area contributed by atoms with Crippen LogP contribution in [0.3, 0.4) is 0 Å². The summed E-state index contributed by atoms with van der Waals surface area (Å²) < 4.78 is 4.79. The maximum Gasteiger partial charge on any atom is 0.349 e. The van der Waals surface area contributed by atoms with E-state index in [0.717, 1.165) is 10.7 Å². The molecule has 0 unspecified atom stereocenters. The predicted molar refractivity (Wildman–Crippen MR) is 57.7 cm³/mol. The average Bonchev–Trinajstić information content (AvgIpc) is 2.18. The summed E-state index contributed by atoms with van der Waals surface area (Å²) in [7, 11) is 0. The number of esters is 1. The SMILES string of the molecule is CCOC(=O)C(C#N)=C(CC)SCC. The van der Waals surface area contributed by atoms with Gasteiger partial charge in [0.25, 0.3) is 0 Å². The Morgan fingerprint density at radius 2 is 2.07 bits per heavy atom. The minimum atomic E-state index is -0.507. The van der Waals surface area contributed by atoms with E-state index < -0.39 is 5.97 Å². The van der Waals surface area contributed by atoms with Gasteiger partial charge in [-0.25, -0.2) is 4.79 Å². The van der Waals surface area contributed by atoms with Crippen molar-refractivity contribution in [3.05, 3.63) is 10.5 Å². The van der Waals surface area contributed by atoms with Crippen LogP contribution >= 0.6 is 11.8 Å². The second-order valence-corrected chi connectivity index (χ2v) is 3.78. The first-order valence-corrected chi connectivity index (χ1v) is 5.62. The molecule has 0 heterocycles. The molecule has 0 amide bonds. The second-order valence-electron chi connectivity index (χ2n) is 2.42. The van der Waals surface area contributed by atoms with Crippen molar-refractivity contribution in [3.8, 4) is 6.07 Å². The Labute approximate surface area is 89.1 Å². The fourth-order valence-electron chi connectivity index (χ4n) is 0.950. The number of nitrogens with zero attached hydrogens (tertiary/aromatic N) is 1. The third kappa shape index (κ3) is 3.84. The minimum absolute atomic E-state index is 0.154. The maximum absolute atomic E-state index is 11.3. The van der Waals surface area contributed by atoms with E-state index in [4.69, 9.17) is 10.00 Å². The summed E-state index contributed by atoms with van der Waals surface area (Å²) in [4.78, 5) is 12.1. The van der Waals surface area contributed by atoms with Gasteiger partial charge in [0.1, 0.15) is 11.6 Å². The van der Waals surface area contributed by atoms with Crippen LogP contribution in [0.25, 0.3) is 0 Å². The van der Waals surface area contributed by atoms with Crippen molar-refractivity contribution in [2.24, 2.45) is 0 Å². The lowest BCUT2D eigenvalue weighted by atomic mass is 10.2. The molecule has 0 fully saturated rings. The highest BCUT2D eigenvalue weighted by Gasteiger charge is 2.14. The average molecular weight is 213 g/mol. The molecule has 0 rings (SSSR count). The molecule has 0 aromatic rings. The Balaban J connectivity index is 4.80. The van der Waals surface area contributed by atoms with Gasteiger partial charge in [-0.3, -0.25) is 0 Å². The van der Waals surface area contributed by atoms with Crippen LogP contribution in [-0.2, 0) is 9.53 Å². The minimum Gasteiger partial charge on any atom is -0.462 e. The van der Waals surface area contributed by atoms with Crippen molar-refractivity contribution in [3.63, 3.8) is 0 Å². The monoisotopic (exact) mass is 213 g/mol. The second kappa shape index (κ2) is 7.45. The molecule has 0 aliphatic carbocycles. The van der Waals surface area contributed by atoms with E-state index in [2.05, 4.69) is 0 Å². The predicted octanol–water partition coefficient (Wildman–Crippen LogP) is 2.49. The molecule has 0 aliphatic heterocycles. The highest BCUT2D eigenvalue weighted by atomic mass is 32.2. The largest absolute Gasteiger partial charge is 0.462 e. The summed E-state index contributed by atoms with van der Waals surface area (Å²) in [5.74, 6) is 0.348. The first kappa shape index (κ1) is 13.1. The van der Waals surface area contributed by atoms with Gasteiger partial charge < -0.3 is 4.74 Å². The molecule has 0 bridgehead atoms. The summed E-state index contributed by atoms with van der Waals surface area (Å²) in [6.45, 7) is 5.94. The van der Waals surface area contributed by atoms with E-state index in [9.17, 15) is 4.79 Å². The van der Waals surface area contributed by atoms with Gasteiger partial charge in [0.15, 0.2) is 0 Å². The normalized spacial score (nSPS) is 11.6. The summed E-state index contributed by atoms with van der Waals surface area (Å²) >= 11 is 1.52. The van der Waals surface area contributed by atoms with Crippen molar-refractivity contribution in [1.82, 2.24) is 0 Å². The number of hydrogen-bond donors (Lipinski definition) is 0. The smallest absolute Gasteiger partial charge is 0.349 e. The van der Waals surface area contributed by atoms with Crippen LogP contribution < -0.4 is 0 Å². The number of ether oxygens (including phenoxy) is 1. The van der Waals surface area contributed by atoms with Gasteiger partial charge >= 0.3 is 5.97 Å². The first-order chi connectivity index (χ1) is 6.71. The van der Waals surface area contributed by atoms with Crippen molar-refractivity contribution in [2.75, 3.05) is 12.4 Å². The van der Waals surface area contributed by atoms with E-state index in [1.807, 2.05) is 19.9 Å². The van der Waals surface area contributed by atoms with E-state index in [0.29, 0.717) is 13.0 Å². The number of hydrogen-bond acceptors (Lipinski definition) is 4. The van der Waals surface area contributed by atoms with Gasteiger partial charge in [-0.15, -0.1) is 11.8 Å². The van der Waals surface area contributed by atoms with E-state index in [-0.39, 0.29) is 5.57 Å². The van der Waals surface area contributed by atoms with Crippen LogP contribution in [0.4, 0.5) is 0 Å². The Morgan fingerprint density at radius 1 is 1.43 bits per heavy atom. The molecular weight excluding hydrogens is 198 g/mol. The molecule has 0 aromatic carbocycles. The van der Waals surface area contributed by atoms with Crippen LogP contribution in [0.2, 0.25) is 0 Å². The lowest BCUT2D eigenvalue weighted by molar-refractivity contribution is -0.138. The number of rotatable bonds is 5. The summed E-state index contributed by atoms with van der Waals surface area (Å²) in [6.07, 6.45) is 0.695. The van der Waals surface area contributed by atoms with Gasteiger partial charge in [-0.1, -0.05) is 13.8 Å². The molecule has 0 N–H and O–H groups in total. The Hall–Kier alpha value is -0.950. The molecule has 0 radical (unpaired) electrons. The topological polar surface area (TPSA) is 50.1 Å². The molecule has 0 atom stereocenters. The van der Waals surface area contributed by atoms with Crippen molar-refractivity contribution < 1.29 is 9.53 Å². The summed E-state index contributed by atoms with van der Waals surface area (Å²) in [5.41, 5.74) is 0.154. The van der Waals surface area contributed by atoms with Crippen LogP contribution in [-0.4, -0.2) is 18.3 Å². The number of carbonyl (C=O) groups excluding carboxylic acids is 1. The van der Waals surface area contributed by atoms with Crippen molar-refractivity contribution in [2.45, 2.75) is 27.2 Å². The van der Waals surface area contributed by atoms with Gasteiger partial charge in [0.2, 0.25) is 0 Å². The molecule has 0 saturated carbocycles. The molecule has 0 aliphatic rings. The van der Waals surface area contributed by atoms with Gasteiger partial charge in [-0.05, 0) is 19.1 Å². The van der Waals surface area contributed by atoms with E-state index in [1.54, 1.807) is 6.92 Å². The number of thioether (sulfide) groups is 1. The molecule has 0 spiro atoms. The summed E-state index contributed by atoms with van der Waals surface area (Å²) in [5, 5.41) is 8.83. The number of allylic oxidation sites excluding steroid dienone is 1. The third-order valence-electron chi connectivity index (χ3n) is 1.51. The zero-order chi connectivity index (χ0) is 11.0. The fraction of sp³-hybridized carbons (Fsp3) is 0.600. The lowest BCUT2D eigenvalue weighted by Crippen LogP contribution is -2.08. The van der Waals surface area contributed by atoms with Gasteiger partial charge in [0.05, 0.1) is 6.61 Å². The zero-order valence-corrected chi connectivity index (χ0v) is 9.61. The quantitative estimate of drug-likeness (QED) is 0.400.